The van der Waals surface area contributed by atoms with Crippen LogP contribution in [0.3, 0.4) is 0 Å². The third-order valence-corrected chi connectivity index (χ3v) is 9.74. The average molecular weight is 820 g/mol. The third kappa shape index (κ3) is 8.07. The van der Waals surface area contributed by atoms with Crippen LogP contribution < -0.4 is 0 Å². The summed E-state index contributed by atoms with van der Waals surface area (Å²) in [5.41, 5.74) is 2.31. The number of halogens is 8. The summed E-state index contributed by atoms with van der Waals surface area (Å²) in [6.45, 7) is 8.05. The fraction of sp³-hybridized carbons (Fsp3) is 0.211. The highest BCUT2D eigenvalue weighted by Crippen LogP contribution is 2.43. The smallest absolute Gasteiger partial charge is 0.334 e. The van der Waals surface area contributed by atoms with Crippen molar-refractivity contribution in [3.63, 3.8) is 0 Å². The zero-order chi connectivity index (χ0) is 36.4. The van der Waals surface area contributed by atoms with E-state index in [1.165, 1.54) is 46.2 Å². The van der Waals surface area contributed by atoms with Crippen LogP contribution in [0, 0.1) is 0 Å². The minimum atomic E-state index is -4.45. The Labute approximate surface area is 302 Å². The van der Waals surface area contributed by atoms with Gasteiger partial charge in [-0.05, 0) is 81.9 Å². The lowest BCUT2D eigenvalue weighted by Crippen LogP contribution is -2.38. The highest BCUT2D eigenvalue weighted by atomic mass is 79.9. The van der Waals surface area contributed by atoms with E-state index >= 15 is 0 Å². The molecular weight excluding hydrogens is 790 g/mol. The summed E-state index contributed by atoms with van der Waals surface area (Å²) in [6, 6.07) is 22.1. The number of hydrogen-bond acceptors (Lipinski definition) is 2. The molecule has 4 aromatic rings. The third-order valence-electron chi connectivity index (χ3n) is 8.75. The zero-order valence-corrected chi connectivity index (χ0v) is 29.5. The van der Waals surface area contributed by atoms with E-state index in [0.29, 0.717) is 13.1 Å². The minimum absolute atomic E-state index is 0.177. The first kappa shape index (κ1) is 37.1. The Kier molecular flexibility index (Phi) is 11.1. The van der Waals surface area contributed by atoms with Crippen molar-refractivity contribution in [1.82, 2.24) is 9.80 Å². The fourth-order valence-electron chi connectivity index (χ4n) is 6.49. The number of amides is 2. The molecule has 0 unspecified atom stereocenters. The first-order valence-corrected chi connectivity index (χ1v) is 16.9. The Morgan fingerprint density at radius 2 is 0.960 bits per heavy atom. The van der Waals surface area contributed by atoms with E-state index in [2.05, 4.69) is 45.0 Å². The second kappa shape index (κ2) is 15.0. The number of alkyl halides is 6. The molecule has 0 saturated heterocycles. The maximum Gasteiger partial charge on any atom is 0.416 e. The molecule has 0 N–H and O–H groups in total. The van der Waals surface area contributed by atoms with Crippen LogP contribution in [0.5, 0.6) is 0 Å². The van der Waals surface area contributed by atoms with Crippen molar-refractivity contribution in [2.45, 2.75) is 37.3 Å². The van der Waals surface area contributed by atoms with Crippen molar-refractivity contribution in [1.29, 1.82) is 0 Å². The van der Waals surface area contributed by atoms with Gasteiger partial charge in [0.2, 0.25) is 11.8 Å². The van der Waals surface area contributed by atoms with Crippen LogP contribution in [0.1, 0.15) is 56.3 Å². The lowest BCUT2D eigenvalue weighted by molar-refractivity contribution is -0.139. The second-order valence-electron chi connectivity index (χ2n) is 11.8. The maximum absolute atomic E-state index is 13.5. The highest BCUT2D eigenvalue weighted by Gasteiger charge is 2.39. The number of rotatable bonds is 4. The highest BCUT2D eigenvalue weighted by molar-refractivity contribution is 9.10. The Bertz CT molecular complexity index is 1800. The van der Waals surface area contributed by atoms with Gasteiger partial charge >= 0.3 is 12.4 Å². The second-order valence-corrected chi connectivity index (χ2v) is 13.6. The Balaban J connectivity index is 0.000000194. The van der Waals surface area contributed by atoms with Crippen molar-refractivity contribution in [3.8, 4) is 0 Å². The van der Waals surface area contributed by atoms with Crippen LogP contribution in [0.25, 0.3) is 0 Å². The molecule has 2 amide bonds. The van der Waals surface area contributed by atoms with Crippen molar-refractivity contribution in [2.24, 2.45) is 0 Å². The Morgan fingerprint density at radius 3 is 1.30 bits per heavy atom. The molecule has 0 spiro atoms. The van der Waals surface area contributed by atoms with Gasteiger partial charge in [-0.25, -0.2) is 0 Å². The van der Waals surface area contributed by atoms with Gasteiger partial charge in [0, 0.05) is 47.0 Å². The van der Waals surface area contributed by atoms with Gasteiger partial charge in [0.05, 0.1) is 11.1 Å². The summed E-state index contributed by atoms with van der Waals surface area (Å²) in [5.74, 6) is -1.68. The van der Waals surface area contributed by atoms with E-state index in [0.717, 1.165) is 43.3 Å². The molecule has 2 atom stereocenters. The van der Waals surface area contributed by atoms with Crippen molar-refractivity contribution < 1.29 is 35.9 Å². The molecule has 12 heteroatoms. The van der Waals surface area contributed by atoms with Crippen LogP contribution in [0.4, 0.5) is 26.3 Å². The van der Waals surface area contributed by atoms with E-state index < -0.39 is 35.3 Å². The molecule has 2 heterocycles. The van der Waals surface area contributed by atoms with E-state index in [1.54, 1.807) is 12.1 Å². The monoisotopic (exact) mass is 818 g/mol. The van der Waals surface area contributed by atoms with Crippen molar-refractivity contribution in [2.75, 3.05) is 13.1 Å². The van der Waals surface area contributed by atoms with Gasteiger partial charge in [-0.3, -0.25) is 9.59 Å². The van der Waals surface area contributed by atoms with Gasteiger partial charge in [0.1, 0.15) is 0 Å². The Morgan fingerprint density at radius 1 is 0.600 bits per heavy atom. The standard InChI is InChI=1S/2C19H15BrF3NO/c2*1-2-18(25)24-10-12-7-8-13(20)9-15(12)16(11-24)14-5-3-4-6-17(14)19(21,22)23/h2*2-9,16H,1,10-11H2/t2*16-/m10/s1. The first-order chi connectivity index (χ1) is 23.6. The molecule has 0 saturated carbocycles. The average Bonchev–Trinajstić information content (AvgIpc) is 3.09. The molecule has 4 aromatic carbocycles. The van der Waals surface area contributed by atoms with Crippen molar-refractivity contribution >= 4 is 43.7 Å². The molecule has 0 bridgehead atoms. The van der Waals surface area contributed by atoms with Gasteiger partial charge < -0.3 is 9.80 Å². The number of fused-ring (bicyclic) bond motifs is 2. The SMILES string of the molecule is C=CC(=O)N1Cc2ccc(Br)cc2[C@@H](c2ccccc2C(F)(F)F)C1.C=CC(=O)N1Cc2ccc(Br)cc2[C@H](c2ccccc2C(F)(F)F)C1. The summed E-state index contributed by atoms with van der Waals surface area (Å²) in [6.07, 6.45) is -6.52. The van der Waals surface area contributed by atoms with E-state index in [9.17, 15) is 35.9 Å². The number of carbonyl (C=O) groups excluding carboxylic acids is 2. The van der Waals surface area contributed by atoms with Crippen LogP contribution in [0.2, 0.25) is 0 Å². The van der Waals surface area contributed by atoms with Crippen LogP contribution in [0.15, 0.2) is 119 Å². The minimum Gasteiger partial charge on any atom is -0.334 e. The first-order valence-electron chi connectivity index (χ1n) is 15.3. The van der Waals surface area contributed by atoms with Crippen LogP contribution >= 0.6 is 31.9 Å². The number of carbonyl (C=O) groups is 2. The molecule has 0 radical (unpaired) electrons. The zero-order valence-electron chi connectivity index (χ0n) is 26.4. The number of hydrogen-bond donors (Lipinski definition) is 0. The normalized spacial score (nSPS) is 17.1. The lowest BCUT2D eigenvalue weighted by Gasteiger charge is -2.35. The topological polar surface area (TPSA) is 40.6 Å². The van der Waals surface area contributed by atoms with Gasteiger partial charge in [-0.15, -0.1) is 0 Å². The maximum atomic E-state index is 13.5. The Hall–Kier alpha value is -4.16. The van der Waals surface area contributed by atoms with E-state index in [4.69, 9.17) is 0 Å². The molecule has 2 aliphatic heterocycles. The quantitative estimate of drug-likeness (QED) is 0.152. The van der Waals surface area contributed by atoms with Crippen LogP contribution in [-0.4, -0.2) is 34.7 Å². The van der Waals surface area contributed by atoms with E-state index in [-0.39, 0.29) is 36.0 Å². The summed E-state index contributed by atoms with van der Waals surface area (Å²) >= 11 is 6.77. The van der Waals surface area contributed by atoms with Gasteiger partial charge in [0.15, 0.2) is 0 Å². The molecular formula is C38H30Br2F6N2O2. The molecule has 2 aliphatic rings. The van der Waals surface area contributed by atoms with Gasteiger partial charge in [0.25, 0.3) is 0 Å². The van der Waals surface area contributed by atoms with Gasteiger partial charge in [-0.2, -0.15) is 26.3 Å². The summed E-state index contributed by atoms with van der Waals surface area (Å²) in [4.78, 5) is 27.2. The molecule has 4 nitrogen and oxygen atoms in total. The molecule has 0 aliphatic carbocycles. The van der Waals surface area contributed by atoms with Crippen molar-refractivity contribution in [3.05, 3.63) is 164 Å². The molecule has 0 aromatic heterocycles. The molecule has 0 fully saturated rings. The predicted molar refractivity (Wildman–Crippen MR) is 186 cm³/mol. The van der Waals surface area contributed by atoms with Crippen LogP contribution in [-0.2, 0) is 35.0 Å². The fourth-order valence-corrected chi connectivity index (χ4v) is 7.25. The summed E-state index contributed by atoms with van der Waals surface area (Å²) in [7, 11) is 0. The summed E-state index contributed by atoms with van der Waals surface area (Å²) in [5, 5.41) is 0. The molecule has 6 rings (SSSR count). The lowest BCUT2D eigenvalue weighted by atomic mass is 9.82. The number of benzene rings is 4. The van der Waals surface area contributed by atoms with E-state index in [1.807, 2.05) is 36.4 Å². The molecule has 260 valence electrons. The largest absolute Gasteiger partial charge is 0.416 e. The predicted octanol–water partition coefficient (Wildman–Crippen LogP) is 10.3. The molecule has 50 heavy (non-hydrogen) atoms. The summed E-state index contributed by atoms with van der Waals surface area (Å²) < 4.78 is 82.4. The number of nitrogens with zero attached hydrogens (tertiary/aromatic N) is 2. The van der Waals surface area contributed by atoms with Gasteiger partial charge in [-0.1, -0.05) is 93.5 Å².